The molecular weight excluding hydrogens is 362 g/mol. The number of carbonyl (C=O) groups excluding carboxylic acids is 3. The highest BCUT2D eigenvalue weighted by atomic mass is 32.1. The summed E-state index contributed by atoms with van der Waals surface area (Å²) in [4.78, 5) is 39.7. The summed E-state index contributed by atoms with van der Waals surface area (Å²) in [5.74, 6) is -3.33. The number of hydrogen-bond donors (Lipinski definition) is 1. The highest BCUT2D eigenvalue weighted by Gasteiger charge is 2.54. The molecule has 0 radical (unpaired) electrons. The highest BCUT2D eigenvalue weighted by Crippen LogP contribution is 2.42. The number of imide groups is 1. The molecule has 3 amide bonds. The van der Waals surface area contributed by atoms with Crippen LogP contribution in [0.2, 0.25) is 0 Å². The van der Waals surface area contributed by atoms with E-state index >= 15 is 0 Å². The quantitative estimate of drug-likeness (QED) is 0.662. The maximum atomic E-state index is 13.3. The van der Waals surface area contributed by atoms with Crippen molar-refractivity contribution >= 4 is 29.1 Å². The SMILES string of the molecule is O=C(CN1C(=O)N[C@@]2(CCCc3sccc32)C1=O)c1ccc(F)c(F)c1. The summed E-state index contributed by atoms with van der Waals surface area (Å²) in [5.41, 5.74) is -0.431. The van der Waals surface area contributed by atoms with Gasteiger partial charge in [0.25, 0.3) is 5.91 Å². The van der Waals surface area contributed by atoms with Crippen LogP contribution in [-0.2, 0) is 16.8 Å². The number of aryl methyl sites for hydroxylation is 1. The Morgan fingerprint density at radius 3 is 2.81 bits per heavy atom. The smallest absolute Gasteiger partial charge is 0.319 e. The second kappa shape index (κ2) is 5.98. The lowest BCUT2D eigenvalue weighted by atomic mass is 9.80. The summed E-state index contributed by atoms with van der Waals surface area (Å²) in [7, 11) is 0. The minimum Gasteiger partial charge on any atom is -0.319 e. The number of halogens is 2. The molecule has 2 aromatic rings. The second-order valence-corrected chi connectivity index (χ2v) is 7.39. The lowest BCUT2D eigenvalue weighted by Crippen LogP contribution is -2.46. The molecule has 1 saturated heterocycles. The largest absolute Gasteiger partial charge is 0.325 e. The number of ketones is 1. The van der Waals surface area contributed by atoms with Crippen LogP contribution in [0.5, 0.6) is 0 Å². The van der Waals surface area contributed by atoms with E-state index in [1.165, 1.54) is 11.3 Å². The zero-order valence-corrected chi connectivity index (χ0v) is 14.4. The zero-order chi connectivity index (χ0) is 18.5. The monoisotopic (exact) mass is 376 g/mol. The first-order chi connectivity index (χ1) is 12.4. The molecule has 2 heterocycles. The molecule has 1 atom stereocenters. The van der Waals surface area contributed by atoms with Crippen molar-refractivity contribution in [3.05, 3.63) is 57.3 Å². The van der Waals surface area contributed by atoms with Crippen molar-refractivity contribution in [2.45, 2.75) is 24.8 Å². The molecule has 1 N–H and O–H groups in total. The van der Waals surface area contributed by atoms with Gasteiger partial charge in [0.15, 0.2) is 17.4 Å². The van der Waals surface area contributed by atoms with Crippen LogP contribution in [0.15, 0.2) is 29.6 Å². The number of hydrogen-bond acceptors (Lipinski definition) is 4. The van der Waals surface area contributed by atoms with Crippen LogP contribution < -0.4 is 5.32 Å². The lowest BCUT2D eigenvalue weighted by Gasteiger charge is -2.31. The molecule has 1 spiro atoms. The van der Waals surface area contributed by atoms with Gasteiger partial charge in [-0.3, -0.25) is 14.5 Å². The normalized spacial score (nSPS) is 21.8. The van der Waals surface area contributed by atoms with Gasteiger partial charge in [-0.15, -0.1) is 11.3 Å². The molecule has 8 heteroatoms. The number of nitrogens with zero attached hydrogens (tertiary/aromatic N) is 1. The molecule has 1 aromatic heterocycles. The van der Waals surface area contributed by atoms with E-state index < -0.39 is 41.4 Å². The number of fused-ring (bicyclic) bond motifs is 2. The Morgan fingerprint density at radius 1 is 1.23 bits per heavy atom. The average Bonchev–Trinajstić information content (AvgIpc) is 3.18. The molecule has 1 aliphatic carbocycles. The molecule has 0 unspecified atom stereocenters. The predicted molar refractivity (Wildman–Crippen MR) is 89.9 cm³/mol. The topological polar surface area (TPSA) is 66.5 Å². The van der Waals surface area contributed by atoms with Crippen LogP contribution in [0.4, 0.5) is 13.6 Å². The number of Topliss-reactive ketones (excluding diaryl/α,β-unsaturated/α-hetero) is 1. The Labute approximate surface area is 151 Å². The maximum Gasteiger partial charge on any atom is 0.325 e. The zero-order valence-electron chi connectivity index (χ0n) is 13.6. The van der Waals surface area contributed by atoms with Crippen LogP contribution in [0.25, 0.3) is 0 Å². The summed E-state index contributed by atoms with van der Waals surface area (Å²) >= 11 is 1.54. The number of rotatable bonds is 3. The average molecular weight is 376 g/mol. The summed E-state index contributed by atoms with van der Waals surface area (Å²) in [6.07, 6.45) is 2.08. The Morgan fingerprint density at radius 2 is 2.04 bits per heavy atom. The first kappa shape index (κ1) is 16.8. The summed E-state index contributed by atoms with van der Waals surface area (Å²) in [6, 6.07) is 3.92. The molecule has 2 aliphatic rings. The molecule has 1 aromatic carbocycles. The molecule has 0 saturated carbocycles. The van der Waals surface area contributed by atoms with E-state index in [1.807, 2.05) is 11.4 Å². The van der Waals surface area contributed by atoms with Gasteiger partial charge < -0.3 is 5.32 Å². The fourth-order valence-electron chi connectivity index (χ4n) is 3.59. The van der Waals surface area contributed by atoms with Crippen molar-refractivity contribution in [3.63, 3.8) is 0 Å². The van der Waals surface area contributed by atoms with E-state index in [9.17, 15) is 23.2 Å². The fourth-order valence-corrected chi connectivity index (χ4v) is 4.59. The maximum absolute atomic E-state index is 13.3. The number of thiophene rings is 1. The standard InChI is InChI=1S/C18H14F2N2O3S/c19-12-4-3-10(8-13(12)20)14(23)9-22-16(24)18(21-17(22)25)6-1-2-15-11(18)5-7-26-15/h3-5,7-8H,1-2,6,9H2,(H,21,25)/t18-/m1/s1. The Hall–Kier alpha value is -2.61. The highest BCUT2D eigenvalue weighted by molar-refractivity contribution is 7.10. The molecule has 1 aliphatic heterocycles. The van der Waals surface area contributed by atoms with Crippen molar-refractivity contribution in [2.75, 3.05) is 6.54 Å². The van der Waals surface area contributed by atoms with Crippen molar-refractivity contribution in [2.24, 2.45) is 0 Å². The molecule has 0 bridgehead atoms. The van der Waals surface area contributed by atoms with Gasteiger partial charge in [-0.05, 0) is 48.9 Å². The second-order valence-electron chi connectivity index (χ2n) is 6.39. The van der Waals surface area contributed by atoms with Gasteiger partial charge in [0.05, 0.1) is 6.54 Å². The third-order valence-electron chi connectivity index (χ3n) is 4.88. The molecule has 134 valence electrons. The molecule has 1 fully saturated rings. The number of urea groups is 1. The number of nitrogens with one attached hydrogen (secondary N) is 1. The number of benzene rings is 1. The van der Waals surface area contributed by atoms with E-state index in [1.54, 1.807) is 0 Å². The Kier molecular flexibility index (Phi) is 3.87. The minimum absolute atomic E-state index is 0.0923. The first-order valence-corrected chi connectivity index (χ1v) is 8.99. The van der Waals surface area contributed by atoms with Crippen molar-refractivity contribution in [3.8, 4) is 0 Å². The third-order valence-corrected chi connectivity index (χ3v) is 5.86. The molecule has 5 nitrogen and oxygen atoms in total. The van der Waals surface area contributed by atoms with Gasteiger partial charge in [-0.1, -0.05) is 0 Å². The third kappa shape index (κ3) is 2.44. The van der Waals surface area contributed by atoms with Crippen molar-refractivity contribution < 1.29 is 23.2 Å². The lowest BCUT2D eigenvalue weighted by molar-refractivity contribution is -0.131. The van der Waals surface area contributed by atoms with E-state index in [2.05, 4.69) is 5.32 Å². The predicted octanol–water partition coefficient (Wildman–Crippen LogP) is 2.99. The summed E-state index contributed by atoms with van der Waals surface area (Å²) in [5, 5.41) is 4.63. The van der Waals surface area contributed by atoms with Crippen LogP contribution in [0, 0.1) is 11.6 Å². The minimum atomic E-state index is -1.15. The van der Waals surface area contributed by atoms with E-state index in [-0.39, 0.29) is 5.56 Å². The van der Waals surface area contributed by atoms with Gasteiger partial charge in [-0.25, -0.2) is 13.6 Å². The van der Waals surface area contributed by atoms with Crippen LogP contribution >= 0.6 is 11.3 Å². The van der Waals surface area contributed by atoms with Gasteiger partial charge in [0.2, 0.25) is 0 Å². The van der Waals surface area contributed by atoms with Crippen LogP contribution in [-0.4, -0.2) is 29.2 Å². The van der Waals surface area contributed by atoms with Crippen molar-refractivity contribution in [1.29, 1.82) is 0 Å². The summed E-state index contributed by atoms with van der Waals surface area (Å²) < 4.78 is 26.4. The molecular formula is C18H14F2N2O3S. The van der Waals surface area contributed by atoms with Gasteiger partial charge >= 0.3 is 6.03 Å². The van der Waals surface area contributed by atoms with Crippen LogP contribution in [0.1, 0.15) is 33.6 Å². The Bertz CT molecular complexity index is 942. The Balaban J connectivity index is 1.61. The van der Waals surface area contributed by atoms with Gasteiger partial charge in [0, 0.05) is 16.0 Å². The van der Waals surface area contributed by atoms with Gasteiger partial charge in [0.1, 0.15) is 5.54 Å². The van der Waals surface area contributed by atoms with Crippen LogP contribution in [0.3, 0.4) is 0 Å². The fraction of sp³-hybridized carbons (Fsp3) is 0.278. The molecule has 4 rings (SSSR count). The number of carbonyl (C=O) groups is 3. The van der Waals surface area contributed by atoms with E-state index in [0.717, 1.165) is 46.4 Å². The summed E-state index contributed by atoms with van der Waals surface area (Å²) in [6.45, 7) is -0.517. The van der Waals surface area contributed by atoms with E-state index in [0.29, 0.717) is 6.42 Å². The van der Waals surface area contributed by atoms with E-state index in [4.69, 9.17) is 0 Å². The van der Waals surface area contributed by atoms with Gasteiger partial charge in [-0.2, -0.15) is 0 Å². The number of amides is 3. The molecule has 26 heavy (non-hydrogen) atoms. The van der Waals surface area contributed by atoms with Crippen molar-refractivity contribution in [1.82, 2.24) is 10.2 Å². The first-order valence-electron chi connectivity index (χ1n) is 8.11.